The lowest BCUT2D eigenvalue weighted by Gasteiger charge is -2.13. The third-order valence-corrected chi connectivity index (χ3v) is 3.47. The molecule has 0 spiro atoms. The van der Waals surface area contributed by atoms with Gasteiger partial charge in [0.05, 0.1) is 26.2 Å². The monoisotopic (exact) mass is 354 g/mol. The van der Waals surface area contributed by atoms with Gasteiger partial charge in [0, 0.05) is 17.4 Å². The number of alkyl halides is 3. The average Bonchev–Trinajstić information content (AvgIpc) is 2.55. The zero-order chi connectivity index (χ0) is 18.6. The standard InChI is InChI=1S/C17H17F3N2O3/c1-24-14-6-10(13(21)9-15(14)25-2)7-16(23)22-12-5-3-4-11(8-12)17(18,19)20/h3-6,8-9H,7,21H2,1-2H3,(H,22,23). The van der Waals surface area contributed by atoms with E-state index in [0.717, 1.165) is 12.1 Å². The normalized spacial score (nSPS) is 11.1. The number of benzene rings is 2. The first-order valence-corrected chi connectivity index (χ1v) is 7.22. The molecule has 2 rings (SSSR count). The summed E-state index contributed by atoms with van der Waals surface area (Å²) in [4.78, 5) is 12.1. The van der Waals surface area contributed by atoms with E-state index in [0.29, 0.717) is 22.7 Å². The summed E-state index contributed by atoms with van der Waals surface area (Å²) in [6, 6.07) is 7.48. The maximum Gasteiger partial charge on any atom is 0.416 e. The highest BCUT2D eigenvalue weighted by atomic mass is 19.4. The van der Waals surface area contributed by atoms with Crippen molar-refractivity contribution in [3.05, 3.63) is 47.5 Å². The number of nitrogens with two attached hydrogens (primary N) is 1. The molecule has 134 valence electrons. The van der Waals surface area contributed by atoms with Gasteiger partial charge in [-0.15, -0.1) is 0 Å². The van der Waals surface area contributed by atoms with Gasteiger partial charge in [0.25, 0.3) is 0 Å². The van der Waals surface area contributed by atoms with Crippen LogP contribution in [0.5, 0.6) is 11.5 Å². The van der Waals surface area contributed by atoms with E-state index in [4.69, 9.17) is 15.2 Å². The van der Waals surface area contributed by atoms with Crippen LogP contribution in [0.25, 0.3) is 0 Å². The van der Waals surface area contributed by atoms with Gasteiger partial charge in [-0.25, -0.2) is 0 Å². The first kappa shape index (κ1) is 18.4. The maximum atomic E-state index is 12.7. The molecule has 5 nitrogen and oxygen atoms in total. The molecule has 1 amide bonds. The minimum atomic E-state index is -4.48. The summed E-state index contributed by atoms with van der Waals surface area (Å²) in [6.45, 7) is 0. The summed E-state index contributed by atoms with van der Waals surface area (Å²) in [5, 5.41) is 2.43. The van der Waals surface area contributed by atoms with Crippen molar-refractivity contribution in [2.24, 2.45) is 0 Å². The molecule has 0 unspecified atom stereocenters. The van der Waals surface area contributed by atoms with Gasteiger partial charge >= 0.3 is 6.18 Å². The van der Waals surface area contributed by atoms with Crippen molar-refractivity contribution in [1.29, 1.82) is 0 Å². The number of rotatable bonds is 5. The molecular formula is C17H17F3N2O3. The molecular weight excluding hydrogens is 337 g/mol. The molecule has 0 aromatic heterocycles. The Kier molecular flexibility index (Phi) is 5.41. The highest BCUT2D eigenvalue weighted by molar-refractivity contribution is 5.93. The van der Waals surface area contributed by atoms with Crippen LogP contribution in [0.1, 0.15) is 11.1 Å². The first-order chi connectivity index (χ1) is 11.7. The summed E-state index contributed by atoms with van der Waals surface area (Å²) < 4.78 is 48.4. The number of nitrogen functional groups attached to an aromatic ring is 1. The molecule has 0 heterocycles. The Morgan fingerprint density at radius 3 is 2.36 bits per heavy atom. The fourth-order valence-corrected chi connectivity index (χ4v) is 2.24. The summed E-state index contributed by atoms with van der Waals surface area (Å²) in [7, 11) is 2.90. The van der Waals surface area contributed by atoms with E-state index in [9.17, 15) is 18.0 Å². The van der Waals surface area contributed by atoms with E-state index in [1.54, 1.807) is 6.07 Å². The highest BCUT2D eigenvalue weighted by Gasteiger charge is 2.30. The molecule has 0 fully saturated rings. The zero-order valence-electron chi connectivity index (χ0n) is 13.6. The van der Waals surface area contributed by atoms with Crippen LogP contribution in [0.15, 0.2) is 36.4 Å². The molecule has 2 aromatic carbocycles. The number of hydrogen-bond donors (Lipinski definition) is 2. The second-order valence-electron chi connectivity index (χ2n) is 5.21. The molecule has 0 saturated heterocycles. The molecule has 0 aliphatic carbocycles. The number of nitrogens with one attached hydrogen (secondary N) is 1. The van der Waals surface area contributed by atoms with Gasteiger partial charge in [0.15, 0.2) is 11.5 Å². The zero-order valence-corrected chi connectivity index (χ0v) is 13.6. The van der Waals surface area contributed by atoms with Gasteiger partial charge in [-0.2, -0.15) is 13.2 Å². The largest absolute Gasteiger partial charge is 0.493 e. The van der Waals surface area contributed by atoms with E-state index in [1.165, 1.54) is 32.4 Å². The SMILES string of the molecule is COc1cc(N)c(CC(=O)Nc2cccc(C(F)(F)F)c2)cc1OC. The predicted octanol–water partition coefficient (Wildman–Crippen LogP) is 3.49. The first-order valence-electron chi connectivity index (χ1n) is 7.22. The Morgan fingerprint density at radius 1 is 1.12 bits per heavy atom. The van der Waals surface area contributed by atoms with Crippen LogP contribution < -0.4 is 20.5 Å². The van der Waals surface area contributed by atoms with Gasteiger partial charge in [-0.3, -0.25) is 4.79 Å². The van der Waals surface area contributed by atoms with E-state index >= 15 is 0 Å². The molecule has 0 saturated carbocycles. The predicted molar refractivity (Wildman–Crippen MR) is 87.7 cm³/mol. The molecule has 0 aliphatic heterocycles. The molecule has 25 heavy (non-hydrogen) atoms. The third-order valence-electron chi connectivity index (χ3n) is 3.47. The van der Waals surface area contributed by atoms with Gasteiger partial charge in [-0.05, 0) is 29.8 Å². The minimum Gasteiger partial charge on any atom is -0.493 e. The van der Waals surface area contributed by atoms with Crippen molar-refractivity contribution in [3.8, 4) is 11.5 Å². The van der Waals surface area contributed by atoms with Crippen LogP contribution in [0.4, 0.5) is 24.5 Å². The molecule has 0 atom stereocenters. The number of ether oxygens (including phenoxy) is 2. The topological polar surface area (TPSA) is 73.6 Å². The van der Waals surface area contributed by atoms with Gasteiger partial charge in [-0.1, -0.05) is 6.07 Å². The van der Waals surface area contributed by atoms with E-state index < -0.39 is 17.6 Å². The van der Waals surface area contributed by atoms with Crippen molar-refractivity contribution in [2.75, 3.05) is 25.3 Å². The number of hydrogen-bond acceptors (Lipinski definition) is 4. The lowest BCUT2D eigenvalue weighted by atomic mass is 10.1. The summed E-state index contributed by atoms with van der Waals surface area (Å²) in [5.74, 6) is 0.318. The fraction of sp³-hybridized carbons (Fsp3) is 0.235. The number of methoxy groups -OCH3 is 2. The van der Waals surface area contributed by atoms with Crippen molar-refractivity contribution < 1.29 is 27.4 Å². The molecule has 8 heteroatoms. The van der Waals surface area contributed by atoms with Gasteiger partial charge in [0.2, 0.25) is 5.91 Å². The Hall–Kier alpha value is -2.90. The van der Waals surface area contributed by atoms with Crippen LogP contribution >= 0.6 is 0 Å². The van der Waals surface area contributed by atoms with E-state index in [-0.39, 0.29) is 12.1 Å². The van der Waals surface area contributed by atoms with Crippen molar-refractivity contribution in [2.45, 2.75) is 12.6 Å². The highest BCUT2D eigenvalue weighted by Crippen LogP contribution is 2.33. The van der Waals surface area contributed by atoms with Crippen molar-refractivity contribution in [1.82, 2.24) is 0 Å². The lowest BCUT2D eigenvalue weighted by Crippen LogP contribution is -2.16. The number of anilines is 2. The quantitative estimate of drug-likeness (QED) is 0.806. The Morgan fingerprint density at radius 2 is 1.76 bits per heavy atom. The summed E-state index contributed by atoms with van der Waals surface area (Å²) in [5.41, 5.74) is 5.89. The van der Waals surface area contributed by atoms with E-state index in [2.05, 4.69) is 5.32 Å². The second-order valence-corrected chi connectivity index (χ2v) is 5.21. The Bertz CT molecular complexity index is 776. The minimum absolute atomic E-state index is 0.0545. The molecule has 0 radical (unpaired) electrons. The third kappa shape index (κ3) is 4.56. The van der Waals surface area contributed by atoms with Gasteiger partial charge in [0.1, 0.15) is 0 Å². The van der Waals surface area contributed by atoms with E-state index in [1.807, 2.05) is 0 Å². The summed E-state index contributed by atoms with van der Waals surface area (Å²) >= 11 is 0. The van der Waals surface area contributed by atoms with Crippen LogP contribution in [-0.4, -0.2) is 20.1 Å². The van der Waals surface area contributed by atoms with Gasteiger partial charge < -0.3 is 20.5 Å². The summed E-state index contributed by atoms with van der Waals surface area (Å²) in [6.07, 6.45) is -4.60. The maximum absolute atomic E-state index is 12.7. The van der Waals surface area contributed by atoms with Crippen LogP contribution in [0.2, 0.25) is 0 Å². The molecule has 2 aromatic rings. The smallest absolute Gasteiger partial charge is 0.416 e. The molecule has 0 bridgehead atoms. The van der Waals surface area contributed by atoms with Crippen LogP contribution in [0.3, 0.4) is 0 Å². The molecule has 0 aliphatic rings. The Balaban J connectivity index is 2.16. The molecule has 3 N–H and O–H groups in total. The lowest BCUT2D eigenvalue weighted by molar-refractivity contribution is -0.137. The number of amides is 1. The Labute approximate surface area is 142 Å². The average molecular weight is 354 g/mol. The number of halogens is 3. The number of carbonyl (C=O) groups is 1. The fourth-order valence-electron chi connectivity index (χ4n) is 2.24. The van der Waals surface area contributed by atoms with Crippen molar-refractivity contribution in [3.63, 3.8) is 0 Å². The van der Waals surface area contributed by atoms with Crippen LogP contribution in [0, 0.1) is 0 Å². The van der Waals surface area contributed by atoms with Crippen LogP contribution in [-0.2, 0) is 17.4 Å². The number of carbonyl (C=O) groups excluding carboxylic acids is 1. The van der Waals surface area contributed by atoms with Crippen molar-refractivity contribution >= 4 is 17.3 Å². The second kappa shape index (κ2) is 7.33.